The van der Waals surface area contributed by atoms with Gasteiger partial charge in [-0.1, -0.05) is 0 Å². The van der Waals surface area contributed by atoms with Crippen molar-refractivity contribution in [1.82, 2.24) is 30.2 Å². The monoisotopic (exact) mass is 253 g/mol. The molecule has 0 saturated carbocycles. The van der Waals surface area contributed by atoms with E-state index in [4.69, 9.17) is 0 Å². The van der Waals surface area contributed by atoms with Gasteiger partial charge in [0.1, 0.15) is 6.33 Å². The molecule has 0 aliphatic heterocycles. The number of anilines is 1. The Labute approximate surface area is 109 Å². The first-order valence-electron chi connectivity index (χ1n) is 5.74. The van der Waals surface area contributed by atoms with Crippen molar-refractivity contribution in [3.63, 3.8) is 0 Å². The van der Waals surface area contributed by atoms with Gasteiger partial charge in [-0.25, -0.2) is 4.68 Å². The molecule has 2 heterocycles. The summed E-state index contributed by atoms with van der Waals surface area (Å²) in [6.45, 7) is 0.637. The van der Waals surface area contributed by atoms with Crippen LogP contribution in [0.2, 0.25) is 0 Å². The molecule has 0 bridgehead atoms. The Morgan fingerprint density at radius 1 is 1.11 bits per heavy atom. The van der Waals surface area contributed by atoms with Crippen LogP contribution in [0.1, 0.15) is 5.69 Å². The average molecular weight is 253 g/mol. The summed E-state index contributed by atoms with van der Waals surface area (Å²) in [7, 11) is 0. The van der Waals surface area contributed by atoms with Crippen LogP contribution in [0.5, 0.6) is 0 Å². The van der Waals surface area contributed by atoms with Gasteiger partial charge in [-0.2, -0.15) is 0 Å². The summed E-state index contributed by atoms with van der Waals surface area (Å²) in [5.41, 5.74) is 2.81. The summed E-state index contributed by atoms with van der Waals surface area (Å²) in [6, 6.07) is 7.81. The van der Waals surface area contributed by atoms with Gasteiger partial charge in [-0.15, -0.1) is 5.10 Å². The second kappa shape index (κ2) is 5.21. The van der Waals surface area contributed by atoms with E-state index in [0.29, 0.717) is 6.54 Å². The van der Waals surface area contributed by atoms with Gasteiger partial charge in [0.2, 0.25) is 0 Å². The summed E-state index contributed by atoms with van der Waals surface area (Å²) in [6.07, 6.45) is 6.63. The molecule has 7 heteroatoms. The van der Waals surface area contributed by atoms with Crippen molar-refractivity contribution in [2.45, 2.75) is 6.54 Å². The van der Waals surface area contributed by atoms with E-state index in [1.54, 1.807) is 29.6 Å². The minimum atomic E-state index is 0.637. The van der Waals surface area contributed by atoms with Crippen molar-refractivity contribution in [2.24, 2.45) is 0 Å². The molecular formula is C12H11N7. The van der Waals surface area contributed by atoms with Gasteiger partial charge in [-0.3, -0.25) is 9.97 Å². The minimum absolute atomic E-state index is 0.637. The van der Waals surface area contributed by atoms with E-state index in [1.165, 1.54) is 0 Å². The third-order valence-electron chi connectivity index (χ3n) is 2.57. The zero-order valence-corrected chi connectivity index (χ0v) is 10.0. The van der Waals surface area contributed by atoms with Crippen LogP contribution in [0.3, 0.4) is 0 Å². The van der Waals surface area contributed by atoms with Crippen molar-refractivity contribution in [1.29, 1.82) is 0 Å². The van der Waals surface area contributed by atoms with Crippen LogP contribution < -0.4 is 5.32 Å². The number of benzene rings is 1. The van der Waals surface area contributed by atoms with Crippen LogP contribution >= 0.6 is 0 Å². The summed E-state index contributed by atoms with van der Waals surface area (Å²) >= 11 is 0. The number of nitrogens with zero attached hydrogens (tertiary/aromatic N) is 6. The first-order valence-corrected chi connectivity index (χ1v) is 5.74. The fraction of sp³-hybridized carbons (Fsp3) is 0.0833. The minimum Gasteiger partial charge on any atom is -0.379 e. The Kier molecular flexibility index (Phi) is 3.09. The van der Waals surface area contributed by atoms with Crippen molar-refractivity contribution in [3.05, 3.63) is 54.9 Å². The van der Waals surface area contributed by atoms with E-state index in [2.05, 4.69) is 30.8 Å². The fourth-order valence-corrected chi connectivity index (χ4v) is 1.63. The molecule has 2 aromatic heterocycles. The zero-order valence-electron chi connectivity index (χ0n) is 10.0. The largest absolute Gasteiger partial charge is 0.379 e. The highest BCUT2D eigenvalue weighted by Crippen LogP contribution is 2.12. The second-order valence-electron chi connectivity index (χ2n) is 3.85. The van der Waals surface area contributed by atoms with Gasteiger partial charge in [0.05, 0.1) is 24.1 Å². The van der Waals surface area contributed by atoms with E-state index in [9.17, 15) is 0 Å². The molecule has 1 aromatic carbocycles. The highest BCUT2D eigenvalue weighted by Gasteiger charge is 1.98. The molecule has 0 amide bonds. The first-order chi connectivity index (χ1) is 9.42. The lowest BCUT2D eigenvalue weighted by Crippen LogP contribution is -2.02. The molecule has 94 valence electrons. The number of tetrazole rings is 1. The predicted octanol–water partition coefficient (Wildman–Crippen LogP) is 1.06. The summed E-state index contributed by atoms with van der Waals surface area (Å²) < 4.78 is 1.60. The number of hydrogen-bond acceptors (Lipinski definition) is 6. The molecule has 0 saturated heterocycles. The Morgan fingerprint density at radius 3 is 2.68 bits per heavy atom. The Morgan fingerprint density at radius 2 is 2.00 bits per heavy atom. The summed E-state index contributed by atoms with van der Waals surface area (Å²) in [5.74, 6) is 0. The quantitative estimate of drug-likeness (QED) is 0.748. The lowest BCUT2D eigenvalue weighted by Gasteiger charge is -2.06. The van der Waals surface area contributed by atoms with Crippen LogP contribution in [0.25, 0.3) is 5.69 Å². The van der Waals surface area contributed by atoms with Crippen LogP contribution in [0, 0.1) is 0 Å². The van der Waals surface area contributed by atoms with E-state index < -0.39 is 0 Å². The van der Waals surface area contributed by atoms with Gasteiger partial charge in [0, 0.05) is 18.1 Å². The van der Waals surface area contributed by atoms with E-state index in [0.717, 1.165) is 17.1 Å². The maximum absolute atomic E-state index is 4.20. The predicted molar refractivity (Wildman–Crippen MR) is 68.5 cm³/mol. The van der Waals surface area contributed by atoms with Crippen LogP contribution in [0.15, 0.2) is 49.2 Å². The molecule has 0 aliphatic rings. The molecule has 0 unspecified atom stereocenters. The van der Waals surface area contributed by atoms with Crippen molar-refractivity contribution in [2.75, 3.05) is 5.32 Å². The lowest BCUT2D eigenvalue weighted by atomic mass is 10.3. The van der Waals surface area contributed by atoms with Crippen molar-refractivity contribution < 1.29 is 0 Å². The molecule has 3 rings (SSSR count). The summed E-state index contributed by atoms with van der Waals surface area (Å²) in [4.78, 5) is 8.21. The molecule has 3 aromatic rings. The van der Waals surface area contributed by atoms with Gasteiger partial charge in [-0.05, 0) is 34.7 Å². The molecule has 19 heavy (non-hydrogen) atoms. The van der Waals surface area contributed by atoms with Crippen LogP contribution in [0.4, 0.5) is 5.69 Å². The van der Waals surface area contributed by atoms with Crippen molar-refractivity contribution >= 4 is 5.69 Å². The fourth-order valence-electron chi connectivity index (χ4n) is 1.63. The van der Waals surface area contributed by atoms with Gasteiger partial charge in [0.25, 0.3) is 0 Å². The highest BCUT2D eigenvalue weighted by atomic mass is 15.5. The maximum Gasteiger partial charge on any atom is 0.143 e. The van der Waals surface area contributed by atoms with E-state index >= 15 is 0 Å². The smallest absolute Gasteiger partial charge is 0.143 e. The zero-order chi connectivity index (χ0) is 12.9. The van der Waals surface area contributed by atoms with E-state index in [1.807, 2.05) is 24.3 Å². The third-order valence-corrected chi connectivity index (χ3v) is 2.57. The maximum atomic E-state index is 4.20. The standard InChI is InChI=1S/C12H11N7/c1-3-12(19-9-16-17-18-19)4-2-10(1)15-8-11-7-13-5-6-14-11/h1-7,9,15H,8H2. The normalized spacial score (nSPS) is 10.3. The first kappa shape index (κ1) is 11.3. The average Bonchev–Trinajstić information content (AvgIpc) is 3.01. The van der Waals surface area contributed by atoms with Gasteiger partial charge < -0.3 is 5.32 Å². The van der Waals surface area contributed by atoms with Gasteiger partial charge >= 0.3 is 0 Å². The van der Waals surface area contributed by atoms with Gasteiger partial charge in [0.15, 0.2) is 0 Å². The molecule has 0 atom stereocenters. The molecule has 0 spiro atoms. The molecule has 0 aliphatic carbocycles. The third kappa shape index (κ3) is 2.71. The van der Waals surface area contributed by atoms with Crippen LogP contribution in [-0.4, -0.2) is 30.2 Å². The topological polar surface area (TPSA) is 81.4 Å². The summed E-state index contributed by atoms with van der Waals surface area (Å²) in [5, 5.41) is 14.3. The molecule has 0 radical (unpaired) electrons. The van der Waals surface area contributed by atoms with E-state index in [-0.39, 0.29) is 0 Å². The number of aromatic nitrogens is 6. The Bertz CT molecular complexity index is 619. The Hall–Kier alpha value is -2.83. The van der Waals surface area contributed by atoms with Crippen molar-refractivity contribution in [3.8, 4) is 5.69 Å². The van der Waals surface area contributed by atoms with Crippen LogP contribution in [-0.2, 0) is 6.54 Å². The second-order valence-corrected chi connectivity index (χ2v) is 3.85. The number of hydrogen-bond donors (Lipinski definition) is 1. The molecular weight excluding hydrogens is 242 g/mol. The molecule has 7 nitrogen and oxygen atoms in total. The molecule has 0 fully saturated rings. The SMILES string of the molecule is c1cnc(CNc2ccc(-n3cnnn3)cc2)cn1. The number of nitrogens with one attached hydrogen (secondary N) is 1. The highest BCUT2D eigenvalue weighted by molar-refractivity contribution is 5.48. The molecule has 1 N–H and O–H groups in total. The number of rotatable bonds is 4. The Balaban J connectivity index is 1.67. The lowest BCUT2D eigenvalue weighted by molar-refractivity contribution is 0.789.